The molecule has 0 aromatic carbocycles. The maximum absolute atomic E-state index is 14.1. The van der Waals surface area contributed by atoms with Crippen molar-refractivity contribution < 1.29 is 19.4 Å². The van der Waals surface area contributed by atoms with Crippen molar-refractivity contribution in [2.75, 3.05) is 18.0 Å². The number of aromatic nitrogens is 3. The molecule has 0 spiro atoms. The highest BCUT2D eigenvalue weighted by atomic mass is 35.5. The first kappa shape index (κ1) is 16.9. The van der Waals surface area contributed by atoms with E-state index in [0.29, 0.717) is 0 Å². The molecular weight excluding hydrogens is 364 g/mol. The van der Waals surface area contributed by atoms with Gasteiger partial charge in [-0.2, -0.15) is 4.98 Å². The largest absolute Gasteiger partial charge is 0.465 e. The molecule has 24 heavy (non-hydrogen) atoms. The van der Waals surface area contributed by atoms with Crippen molar-refractivity contribution in [3.05, 3.63) is 22.5 Å². The minimum Gasteiger partial charge on any atom is -0.465 e. The average Bonchev–Trinajstić information content (AvgIpc) is 2.49. The van der Waals surface area contributed by atoms with Crippen LogP contribution in [0, 0.1) is 5.82 Å². The Hall–Kier alpha value is -1.97. The van der Waals surface area contributed by atoms with Gasteiger partial charge in [0.05, 0.1) is 17.5 Å². The maximum Gasteiger partial charge on any atom is 0.404 e. The Labute approximate surface area is 145 Å². The normalized spacial score (nSPS) is 21.1. The van der Waals surface area contributed by atoms with E-state index in [0.717, 1.165) is 0 Å². The summed E-state index contributed by atoms with van der Waals surface area (Å²) in [4.78, 5) is 24.1. The Morgan fingerprint density at radius 1 is 1.38 bits per heavy atom. The van der Waals surface area contributed by atoms with E-state index in [1.165, 1.54) is 6.20 Å². The monoisotopic (exact) mass is 375 g/mol. The van der Waals surface area contributed by atoms with Gasteiger partial charge in [-0.3, -0.25) is 0 Å². The SMILES string of the molecule is O=C(O)N[C@H]1CC(O)CN(c2nc(Cl)nc3c(F)c(Cl)ncc23)C1. The number of rotatable bonds is 2. The smallest absolute Gasteiger partial charge is 0.404 e. The Morgan fingerprint density at radius 2 is 2.12 bits per heavy atom. The number of β-amino-alcohol motifs (C(OH)–C–C–N with tert-alkyl or cyclic N) is 1. The molecule has 1 fully saturated rings. The first-order valence-electron chi connectivity index (χ1n) is 6.95. The van der Waals surface area contributed by atoms with Crippen LogP contribution in [0.2, 0.25) is 10.4 Å². The fourth-order valence-corrected chi connectivity index (χ4v) is 3.06. The Morgan fingerprint density at radius 3 is 2.83 bits per heavy atom. The molecule has 128 valence electrons. The van der Waals surface area contributed by atoms with Gasteiger partial charge in [-0.15, -0.1) is 0 Å². The second kappa shape index (κ2) is 6.50. The van der Waals surface area contributed by atoms with E-state index in [4.69, 9.17) is 28.3 Å². The number of nitrogens with zero attached hydrogens (tertiary/aromatic N) is 4. The molecule has 1 aliphatic heterocycles. The van der Waals surface area contributed by atoms with Crippen molar-refractivity contribution in [2.45, 2.75) is 18.6 Å². The van der Waals surface area contributed by atoms with Crippen molar-refractivity contribution >= 4 is 46.0 Å². The van der Waals surface area contributed by atoms with Crippen molar-refractivity contribution in [3.63, 3.8) is 0 Å². The number of carboxylic acid groups (broad SMARTS) is 1. The van der Waals surface area contributed by atoms with Crippen LogP contribution in [0.25, 0.3) is 10.9 Å². The third-order valence-electron chi connectivity index (χ3n) is 3.65. The fourth-order valence-electron chi connectivity index (χ4n) is 2.76. The summed E-state index contributed by atoms with van der Waals surface area (Å²) in [6, 6.07) is -0.514. The second-order valence-electron chi connectivity index (χ2n) is 5.38. The summed E-state index contributed by atoms with van der Waals surface area (Å²) in [6.45, 7) is 0.417. The molecule has 1 aliphatic rings. The van der Waals surface area contributed by atoms with Crippen LogP contribution in [0.4, 0.5) is 15.0 Å². The summed E-state index contributed by atoms with van der Waals surface area (Å²) in [5.74, 6) is -0.568. The van der Waals surface area contributed by atoms with Crippen LogP contribution in [0.5, 0.6) is 0 Å². The Balaban J connectivity index is 2.04. The predicted molar refractivity (Wildman–Crippen MR) is 85.1 cm³/mol. The van der Waals surface area contributed by atoms with Gasteiger partial charge in [-0.25, -0.2) is 19.2 Å². The average molecular weight is 376 g/mol. The molecule has 0 aliphatic carbocycles. The lowest BCUT2D eigenvalue weighted by atomic mass is 10.0. The third kappa shape index (κ3) is 3.28. The molecule has 0 radical (unpaired) electrons. The summed E-state index contributed by atoms with van der Waals surface area (Å²) in [6.07, 6.45) is -0.408. The zero-order chi connectivity index (χ0) is 17.4. The van der Waals surface area contributed by atoms with Crippen LogP contribution in [0.3, 0.4) is 0 Å². The molecular formula is C13H12Cl2FN5O3. The fraction of sp³-hybridized carbons (Fsp3) is 0.385. The van der Waals surface area contributed by atoms with Crippen molar-refractivity contribution in [1.29, 1.82) is 0 Å². The van der Waals surface area contributed by atoms with Crippen molar-refractivity contribution in [1.82, 2.24) is 20.3 Å². The van der Waals surface area contributed by atoms with Gasteiger partial charge in [0.2, 0.25) is 5.28 Å². The number of carbonyl (C=O) groups is 1. The first-order chi connectivity index (χ1) is 11.3. The van der Waals surface area contributed by atoms with Gasteiger partial charge in [0.25, 0.3) is 0 Å². The van der Waals surface area contributed by atoms with Crippen molar-refractivity contribution in [3.8, 4) is 0 Å². The highest BCUT2D eigenvalue weighted by molar-refractivity contribution is 6.30. The number of aliphatic hydroxyl groups excluding tert-OH is 1. The number of amides is 1. The van der Waals surface area contributed by atoms with Gasteiger partial charge in [-0.05, 0) is 18.0 Å². The summed E-state index contributed by atoms with van der Waals surface area (Å²) in [5.41, 5.74) is -0.0900. The molecule has 3 rings (SSSR count). The lowest BCUT2D eigenvalue weighted by molar-refractivity contribution is 0.132. The summed E-state index contributed by atoms with van der Waals surface area (Å²) >= 11 is 11.5. The van der Waals surface area contributed by atoms with E-state index in [1.54, 1.807) is 4.90 Å². The van der Waals surface area contributed by atoms with Crippen LogP contribution in [-0.4, -0.2) is 56.5 Å². The van der Waals surface area contributed by atoms with Gasteiger partial charge in [0.15, 0.2) is 11.0 Å². The molecule has 2 aromatic rings. The van der Waals surface area contributed by atoms with Crippen molar-refractivity contribution in [2.24, 2.45) is 0 Å². The quantitative estimate of drug-likeness (QED) is 0.540. The lowest BCUT2D eigenvalue weighted by Crippen LogP contribution is -2.52. The molecule has 1 unspecified atom stereocenters. The van der Waals surface area contributed by atoms with E-state index >= 15 is 0 Å². The molecule has 3 heterocycles. The van der Waals surface area contributed by atoms with E-state index in [1.807, 2.05) is 0 Å². The van der Waals surface area contributed by atoms with Crippen LogP contribution in [0.1, 0.15) is 6.42 Å². The molecule has 0 bridgehead atoms. The number of aliphatic hydroxyl groups is 1. The van der Waals surface area contributed by atoms with Crippen LogP contribution in [0.15, 0.2) is 6.20 Å². The number of pyridine rings is 1. The molecule has 1 amide bonds. The lowest BCUT2D eigenvalue weighted by Gasteiger charge is -2.36. The molecule has 8 nitrogen and oxygen atoms in total. The van der Waals surface area contributed by atoms with Crippen LogP contribution in [-0.2, 0) is 0 Å². The molecule has 0 saturated carbocycles. The molecule has 2 aromatic heterocycles. The van der Waals surface area contributed by atoms with Gasteiger partial charge >= 0.3 is 6.09 Å². The second-order valence-corrected chi connectivity index (χ2v) is 6.08. The highest BCUT2D eigenvalue weighted by Crippen LogP contribution is 2.30. The zero-order valence-corrected chi connectivity index (χ0v) is 13.6. The van der Waals surface area contributed by atoms with E-state index in [2.05, 4.69) is 20.3 Å². The summed E-state index contributed by atoms with van der Waals surface area (Å²) in [5, 5.41) is 20.9. The Kier molecular flexibility index (Phi) is 4.57. The van der Waals surface area contributed by atoms with Crippen LogP contribution < -0.4 is 10.2 Å². The molecule has 1 saturated heterocycles. The number of nitrogens with one attached hydrogen (secondary N) is 1. The minimum absolute atomic E-state index is 0.0900. The number of fused-ring (bicyclic) bond motifs is 1. The van der Waals surface area contributed by atoms with Gasteiger partial charge in [0, 0.05) is 19.3 Å². The molecule has 11 heteroatoms. The first-order valence-corrected chi connectivity index (χ1v) is 7.70. The summed E-state index contributed by atoms with van der Waals surface area (Å²) < 4.78 is 14.1. The number of piperidine rings is 1. The van der Waals surface area contributed by atoms with Gasteiger partial charge in [0.1, 0.15) is 11.3 Å². The van der Waals surface area contributed by atoms with E-state index in [9.17, 15) is 14.3 Å². The van der Waals surface area contributed by atoms with Gasteiger partial charge < -0.3 is 20.4 Å². The number of halogens is 3. The topological polar surface area (TPSA) is 111 Å². The minimum atomic E-state index is -1.20. The maximum atomic E-state index is 14.1. The highest BCUT2D eigenvalue weighted by Gasteiger charge is 2.29. The molecule has 3 N–H and O–H groups in total. The molecule has 2 atom stereocenters. The number of hydrogen-bond acceptors (Lipinski definition) is 6. The van der Waals surface area contributed by atoms with E-state index < -0.39 is 24.1 Å². The Bertz CT molecular complexity index is 809. The van der Waals surface area contributed by atoms with Gasteiger partial charge in [-0.1, -0.05) is 11.6 Å². The van der Waals surface area contributed by atoms with Crippen LogP contribution >= 0.6 is 23.2 Å². The summed E-state index contributed by atoms with van der Waals surface area (Å²) in [7, 11) is 0. The number of anilines is 1. The van der Waals surface area contributed by atoms with E-state index in [-0.39, 0.29) is 46.7 Å². The number of hydrogen-bond donors (Lipinski definition) is 3. The standard InChI is InChI=1S/C13H12Cl2FN5O3/c14-10-8(16)9-7(2-17-10)11(20-12(15)19-9)21-3-5(18-13(23)24)1-6(22)4-21/h2,5-6,18,22H,1,3-4H2,(H,23,24)/t5-,6?/m0/s1. The third-order valence-corrected chi connectivity index (χ3v) is 4.08. The zero-order valence-electron chi connectivity index (χ0n) is 12.1. The predicted octanol–water partition coefficient (Wildman–Crippen LogP) is 1.68.